The molecule has 2 heteroatoms. The predicted molar refractivity (Wildman–Crippen MR) is 43.1 cm³/mol. The van der Waals surface area contributed by atoms with Crippen molar-refractivity contribution in [2.75, 3.05) is 0 Å². The van der Waals surface area contributed by atoms with Crippen molar-refractivity contribution in [3.63, 3.8) is 0 Å². The molecule has 1 aliphatic heterocycles. The van der Waals surface area contributed by atoms with E-state index in [2.05, 4.69) is 6.58 Å². The molecule has 0 amide bonds. The average Bonchev–Trinajstić information content (AvgIpc) is 2.28. The molecule has 0 radical (unpaired) electrons. The molecule has 62 valence electrons. The van der Waals surface area contributed by atoms with Gasteiger partial charge in [-0.2, -0.15) is 0 Å². The van der Waals surface area contributed by atoms with Gasteiger partial charge in [0.25, 0.3) is 0 Å². The predicted octanol–water partition coefficient (Wildman–Crippen LogP) is 1.90. The van der Waals surface area contributed by atoms with Gasteiger partial charge in [-0.3, -0.25) is 4.79 Å². The standard InChI is InChI=1S/C9H14O2/c1-3-4-5-8-6-7(2)9(10)11-8/h3,7-8H,1,4-6H2,2H3. The summed E-state index contributed by atoms with van der Waals surface area (Å²) in [7, 11) is 0. The molecule has 2 nitrogen and oxygen atoms in total. The second-order valence-electron chi connectivity index (χ2n) is 3.06. The minimum atomic E-state index is -0.0425. The van der Waals surface area contributed by atoms with Crippen LogP contribution < -0.4 is 0 Å². The van der Waals surface area contributed by atoms with Crippen molar-refractivity contribution in [1.82, 2.24) is 0 Å². The minimum Gasteiger partial charge on any atom is -0.462 e. The van der Waals surface area contributed by atoms with Crippen molar-refractivity contribution in [3.8, 4) is 0 Å². The van der Waals surface area contributed by atoms with E-state index in [-0.39, 0.29) is 18.0 Å². The second-order valence-corrected chi connectivity index (χ2v) is 3.06. The van der Waals surface area contributed by atoms with E-state index in [1.807, 2.05) is 13.0 Å². The zero-order valence-electron chi connectivity index (χ0n) is 6.88. The van der Waals surface area contributed by atoms with Gasteiger partial charge in [0.1, 0.15) is 6.10 Å². The van der Waals surface area contributed by atoms with Crippen molar-refractivity contribution in [3.05, 3.63) is 12.7 Å². The summed E-state index contributed by atoms with van der Waals surface area (Å²) in [4.78, 5) is 10.9. The summed E-state index contributed by atoms with van der Waals surface area (Å²) in [5.74, 6) is 0.0591. The number of carbonyl (C=O) groups is 1. The van der Waals surface area contributed by atoms with Crippen molar-refractivity contribution in [2.24, 2.45) is 5.92 Å². The summed E-state index contributed by atoms with van der Waals surface area (Å²) in [5, 5.41) is 0. The smallest absolute Gasteiger partial charge is 0.309 e. The summed E-state index contributed by atoms with van der Waals surface area (Å²) in [6.45, 7) is 5.53. The third-order valence-corrected chi connectivity index (χ3v) is 1.99. The molecule has 2 atom stereocenters. The molecular weight excluding hydrogens is 140 g/mol. The fraction of sp³-hybridized carbons (Fsp3) is 0.667. The number of rotatable bonds is 3. The Labute approximate surface area is 67.2 Å². The van der Waals surface area contributed by atoms with Crippen LogP contribution in [-0.2, 0) is 9.53 Å². The SMILES string of the molecule is C=CCCC1CC(C)C(=O)O1. The average molecular weight is 154 g/mol. The molecule has 0 aliphatic carbocycles. The fourth-order valence-electron chi connectivity index (χ4n) is 1.30. The molecule has 1 rings (SSSR count). The van der Waals surface area contributed by atoms with Gasteiger partial charge in [0.2, 0.25) is 0 Å². The van der Waals surface area contributed by atoms with E-state index >= 15 is 0 Å². The molecule has 0 aromatic heterocycles. The fourth-order valence-corrected chi connectivity index (χ4v) is 1.30. The maximum absolute atomic E-state index is 10.9. The lowest BCUT2D eigenvalue weighted by molar-refractivity contribution is -0.144. The Hall–Kier alpha value is -0.790. The first-order valence-electron chi connectivity index (χ1n) is 4.05. The molecule has 0 aromatic carbocycles. The van der Waals surface area contributed by atoms with Crippen LogP contribution in [0.15, 0.2) is 12.7 Å². The van der Waals surface area contributed by atoms with E-state index in [0.29, 0.717) is 0 Å². The van der Waals surface area contributed by atoms with E-state index in [1.165, 1.54) is 0 Å². The van der Waals surface area contributed by atoms with Crippen molar-refractivity contribution < 1.29 is 9.53 Å². The molecule has 0 aromatic rings. The number of hydrogen-bond acceptors (Lipinski definition) is 2. The maximum atomic E-state index is 10.9. The summed E-state index contributed by atoms with van der Waals surface area (Å²) in [6, 6.07) is 0. The molecule has 0 saturated carbocycles. The molecule has 1 aliphatic rings. The van der Waals surface area contributed by atoms with Gasteiger partial charge in [-0.1, -0.05) is 13.0 Å². The largest absolute Gasteiger partial charge is 0.462 e. The molecular formula is C9H14O2. The molecule has 2 unspecified atom stereocenters. The van der Waals surface area contributed by atoms with Gasteiger partial charge >= 0.3 is 5.97 Å². The van der Waals surface area contributed by atoms with Crippen molar-refractivity contribution in [2.45, 2.75) is 32.3 Å². The van der Waals surface area contributed by atoms with Gasteiger partial charge in [0.15, 0.2) is 0 Å². The number of allylic oxidation sites excluding steroid dienone is 1. The van der Waals surface area contributed by atoms with Crippen LogP contribution in [0.1, 0.15) is 26.2 Å². The van der Waals surface area contributed by atoms with Crippen LogP contribution in [0.4, 0.5) is 0 Å². The highest BCUT2D eigenvalue weighted by atomic mass is 16.5. The summed E-state index contributed by atoms with van der Waals surface area (Å²) >= 11 is 0. The highest BCUT2D eigenvalue weighted by molar-refractivity contribution is 5.74. The molecule has 0 bridgehead atoms. The normalized spacial score (nSPS) is 30.1. The van der Waals surface area contributed by atoms with E-state index < -0.39 is 0 Å². The number of ether oxygens (including phenoxy) is 1. The van der Waals surface area contributed by atoms with E-state index in [0.717, 1.165) is 19.3 Å². The number of carbonyl (C=O) groups excluding carboxylic acids is 1. The van der Waals surface area contributed by atoms with Gasteiger partial charge in [-0.25, -0.2) is 0 Å². The monoisotopic (exact) mass is 154 g/mol. The Morgan fingerprint density at radius 3 is 3.00 bits per heavy atom. The van der Waals surface area contributed by atoms with Gasteiger partial charge in [0.05, 0.1) is 5.92 Å². The van der Waals surface area contributed by atoms with E-state index in [9.17, 15) is 4.79 Å². The van der Waals surface area contributed by atoms with Crippen LogP contribution in [0.2, 0.25) is 0 Å². The quantitative estimate of drug-likeness (QED) is 0.458. The Bertz CT molecular complexity index is 163. The van der Waals surface area contributed by atoms with Crippen LogP contribution in [-0.4, -0.2) is 12.1 Å². The lowest BCUT2D eigenvalue weighted by atomic mass is 10.0. The molecule has 1 fully saturated rings. The Kier molecular flexibility index (Phi) is 2.69. The van der Waals surface area contributed by atoms with Crippen LogP contribution in [0.5, 0.6) is 0 Å². The molecule has 1 heterocycles. The summed E-state index contributed by atoms with van der Waals surface area (Å²) in [5.41, 5.74) is 0. The number of hydrogen-bond donors (Lipinski definition) is 0. The minimum absolute atomic E-state index is 0.0425. The Morgan fingerprint density at radius 2 is 2.55 bits per heavy atom. The van der Waals surface area contributed by atoms with Crippen LogP contribution in [0, 0.1) is 5.92 Å². The highest BCUT2D eigenvalue weighted by Gasteiger charge is 2.29. The van der Waals surface area contributed by atoms with Gasteiger partial charge in [0, 0.05) is 0 Å². The summed E-state index contributed by atoms with van der Waals surface area (Å²) in [6.07, 6.45) is 4.75. The van der Waals surface area contributed by atoms with Crippen LogP contribution in [0.3, 0.4) is 0 Å². The number of esters is 1. The molecule has 11 heavy (non-hydrogen) atoms. The lowest BCUT2D eigenvalue weighted by Crippen LogP contribution is -2.05. The third kappa shape index (κ3) is 2.07. The van der Waals surface area contributed by atoms with Crippen LogP contribution in [0.25, 0.3) is 0 Å². The zero-order chi connectivity index (χ0) is 8.27. The van der Waals surface area contributed by atoms with E-state index in [1.54, 1.807) is 0 Å². The van der Waals surface area contributed by atoms with Crippen molar-refractivity contribution >= 4 is 5.97 Å². The zero-order valence-corrected chi connectivity index (χ0v) is 6.88. The summed E-state index contributed by atoms with van der Waals surface area (Å²) < 4.78 is 5.09. The van der Waals surface area contributed by atoms with Crippen molar-refractivity contribution in [1.29, 1.82) is 0 Å². The van der Waals surface area contributed by atoms with Gasteiger partial charge in [-0.15, -0.1) is 6.58 Å². The first-order valence-corrected chi connectivity index (χ1v) is 4.05. The van der Waals surface area contributed by atoms with Gasteiger partial charge < -0.3 is 4.74 Å². The van der Waals surface area contributed by atoms with Crippen LogP contribution >= 0.6 is 0 Å². The molecule has 0 N–H and O–H groups in total. The number of cyclic esters (lactones) is 1. The molecule has 0 spiro atoms. The van der Waals surface area contributed by atoms with E-state index in [4.69, 9.17) is 4.74 Å². The van der Waals surface area contributed by atoms with Gasteiger partial charge in [-0.05, 0) is 19.3 Å². The topological polar surface area (TPSA) is 26.3 Å². The maximum Gasteiger partial charge on any atom is 0.309 e. The first kappa shape index (κ1) is 8.31. The first-order chi connectivity index (χ1) is 5.24. The highest BCUT2D eigenvalue weighted by Crippen LogP contribution is 2.23. The second kappa shape index (κ2) is 3.56. The third-order valence-electron chi connectivity index (χ3n) is 1.99. The Balaban J connectivity index is 2.29. The Morgan fingerprint density at radius 1 is 1.82 bits per heavy atom. The lowest BCUT2D eigenvalue weighted by Gasteiger charge is -2.05. The molecule has 1 saturated heterocycles.